The topological polar surface area (TPSA) is 94.2 Å². The molecule has 1 aliphatic rings. The van der Waals surface area contributed by atoms with Crippen molar-refractivity contribution < 1.29 is 13.2 Å². The molecule has 0 fully saturated rings. The van der Waals surface area contributed by atoms with Crippen LogP contribution < -0.4 is 0 Å². The summed E-state index contributed by atoms with van der Waals surface area (Å²) in [6.45, 7) is 0. The second-order valence-corrected chi connectivity index (χ2v) is 6.23. The Morgan fingerprint density at radius 2 is 2.04 bits per heavy atom. The van der Waals surface area contributed by atoms with Gasteiger partial charge in [-0.05, 0) is 18.2 Å². The number of methoxy groups -OCH3 is 1. The summed E-state index contributed by atoms with van der Waals surface area (Å²) in [5.41, 5.74) is 0.302. The highest BCUT2D eigenvalue weighted by atomic mass is 32.2. The molecule has 0 amide bonds. The molecule has 0 saturated carbocycles. The molecule has 7 heteroatoms. The molecular formula is C16H13N3O3S. The summed E-state index contributed by atoms with van der Waals surface area (Å²) in [6.07, 6.45) is 4.38. The van der Waals surface area contributed by atoms with E-state index in [0.717, 1.165) is 5.41 Å². The summed E-state index contributed by atoms with van der Waals surface area (Å²) < 4.78 is 29.9. The molecular weight excluding hydrogens is 314 g/mol. The van der Waals surface area contributed by atoms with E-state index in [0.29, 0.717) is 5.57 Å². The summed E-state index contributed by atoms with van der Waals surface area (Å²) in [7, 11) is -2.23. The maximum absolute atomic E-state index is 12.4. The Hall–Kier alpha value is -3.07. The van der Waals surface area contributed by atoms with Crippen molar-refractivity contribution in [1.29, 1.82) is 10.7 Å². The van der Waals surface area contributed by atoms with E-state index in [1.807, 2.05) is 11.9 Å². The highest BCUT2D eigenvalue weighted by molar-refractivity contribution is 7.94. The molecule has 1 heterocycles. The first-order valence-corrected chi connectivity index (χ1v) is 8.01. The molecule has 2 rings (SSSR count). The molecule has 0 spiro atoms. The summed E-state index contributed by atoms with van der Waals surface area (Å²) in [6, 6.07) is 9.85. The number of sulfone groups is 1. The van der Waals surface area contributed by atoms with Crippen LogP contribution in [0.1, 0.15) is 0 Å². The smallest absolute Gasteiger partial charge is 0.200 e. The predicted octanol–water partition coefficient (Wildman–Crippen LogP) is 2.32. The van der Waals surface area contributed by atoms with Gasteiger partial charge in [0, 0.05) is 23.1 Å². The summed E-state index contributed by atoms with van der Waals surface area (Å²) in [5, 5.41) is 17.1. The lowest BCUT2D eigenvalue weighted by Gasteiger charge is -2.20. The molecule has 23 heavy (non-hydrogen) atoms. The largest absolute Gasteiger partial charge is 0.495 e. The summed E-state index contributed by atoms with van der Waals surface area (Å²) in [4.78, 5) is 1.51. The Morgan fingerprint density at radius 3 is 2.61 bits per heavy atom. The SMILES string of the molecule is COC1=CN(C(=C=N)C#N)C=C/C1=C\S(=O)(=O)c1ccccc1. The van der Waals surface area contributed by atoms with Gasteiger partial charge in [-0.1, -0.05) is 18.2 Å². The van der Waals surface area contributed by atoms with Gasteiger partial charge in [0.05, 0.1) is 18.2 Å². The van der Waals surface area contributed by atoms with Crippen LogP contribution in [0.25, 0.3) is 0 Å². The van der Waals surface area contributed by atoms with E-state index < -0.39 is 9.84 Å². The van der Waals surface area contributed by atoms with Gasteiger partial charge in [-0.3, -0.25) is 5.41 Å². The van der Waals surface area contributed by atoms with Crippen molar-refractivity contribution in [1.82, 2.24) is 4.90 Å². The summed E-state index contributed by atoms with van der Waals surface area (Å²) in [5.74, 6) is 2.26. The monoisotopic (exact) mass is 327 g/mol. The molecule has 1 aromatic carbocycles. The molecule has 0 saturated heterocycles. The quantitative estimate of drug-likeness (QED) is 0.676. The van der Waals surface area contributed by atoms with Crippen LogP contribution in [0.5, 0.6) is 0 Å². The zero-order valence-corrected chi connectivity index (χ0v) is 13.0. The Bertz CT molecular complexity index is 884. The molecule has 1 aliphatic heterocycles. The van der Waals surface area contributed by atoms with Gasteiger partial charge in [0.1, 0.15) is 11.8 Å². The van der Waals surface area contributed by atoms with Gasteiger partial charge in [0.25, 0.3) is 0 Å². The lowest BCUT2D eigenvalue weighted by atomic mass is 10.2. The number of hydrogen-bond acceptors (Lipinski definition) is 6. The van der Waals surface area contributed by atoms with Gasteiger partial charge in [-0.25, -0.2) is 8.42 Å². The maximum atomic E-state index is 12.4. The zero-order valence-electron chi connectivity index (χ0n) is 12.2. The van der Waals surface area contributed by atoms with Crippen molar-refractivity contribution in [2.45, 2.75) is 4.90 Å². The predicted molar refractivity (Wildman–Crippen MR) is 84.6 cm³/mol. The van der Waals surface area contributed by atoms with Gasteiger partial charge >= 0.3 is 0 Å². The standard InChI is InChI=1S/C16H13N3O3S/c1-22-16-11-19(14(9-17)10-18)8-7-13(16)12-23(20,21)15-5-3-2-4-6-15/h2-8,11-12,17H,1H3/b13-12+. The molecule has 6 nitrogen and oxygen atoms in total. The van der Waals surface area contributed by atoms with Crippen LogP contribution in [0, 0.1) is 16.7 Å². The van der Waals surface area contributed by atoms with E-state index in [1.54, 1.807) is 18.2 Å². The van der Waals surface area contributed by atoms with E-state index in [1.165, 1.54) is 42.6 Å². The minimum Gasteiger partial charge on any atom is -0.495 e. The summed E-state index contributed by atoms with van der Waals surface area (Å²) >= 11 is 0. The van der Waals surface area contributed by atoms with Crippen molar-refractivity contribution in [3.8, 4) is 6.07 Å². The fraction of sp³-hybridized carbons (Fsp3) is 0.0625. The van der Waals surface area contributed by atoms with E-state index in [9.17, 15) is 8.42 Å². The third-order valence-corrected chi connectivity index (χ3v) is 4.51. The van der Waals surface area contributed by atoms with Crippen molar-refractivity contribution in [2.75, 3.05) is 7.11 Å². The highest BCUT2D eigenvalue weighted by Gasteiger charge is 2.18. The Labute approximate surface area is 134 Å². The van der Waals surface area contributed by atoms with Crippen LogP contribution in [0.4, 0.5) is 0 Å². The molecule has 116 valence electrons. The second-order valence-electron chi connectivity index (χ2n) is 4.44. The van der Waals surface area contributed by atoms with E-state index in [-0.39, 0.29) is 16.4 Å². The minimum atomic E-state index is -3.63. The van der Waals surface area contributed by atoms with Crippen LogP contribution in [0.15, 0.2) is 76.1 Å². The van der Waals surface area contributed by atoms with Crippen LogP contribution in [0.3, 0.4) is 0 Å². The first-order valence-electron chi connectivity index (χ1n) is 6.46. The maximum Gasteiger partial charge on any atom is 0.200 e. The first kappa shape index (κ1) is 16.3. The number of nitrogens with zero attached hydrogens (tertiary/aromatic N) is 2. The molecule has 0 aliphatic carbocycles. The van der Waals surface area contributed by atoms with Crippen molar-refractivity contribution in [2.24, 2.45) is 0 Å². The number of rotatable bonds is 4. The number of nitrogens with one attached hydrogen (secondary N) is 1. The second kappa shape index (κ2) is 6.79. The number of benzene rings is 1. The molecule has 0 unspecified atom stereocenters. The number of nitriles is 1. The zero-order chi connectivity index (χ0) is 16.9. The van der Waals surface area contributed by atoms with Crippen LogP contribution in [-0.4, -0.2) is 26.3 Å². The normalized spacial score (nSPS) is 15.6. The third-order valence-electron chi connectivity index (χ3n) is 3.01. The van der Waals surface area contributed by atoms with Gasteiger partial charge in [-0.15, -0.1) is 0 Å². The molecule has 0 radical (unpaired) electrons. The highest BCUT2D eigenvalue weighted by Crippen LogP contribution is 2.24. The molecule has 1 aromatic rings. The average molecular weight is 327 g/mol. The van der Waals surface area contributed by atoms with Crippen LogP contribution in [-0.2, 0) is 14.6 Å². The molecule has 0 aromatic heterocycles. The lowest BCUT2D eigenvalue weighted by molar-refractivity contribution is 0.293. The van der Waals surface area contributed by atoms with E-state index in [4.69, 9.17) is 15.4 Å². The minimum absolute atomic E-state index is 0.0410. The Kier molecular flexibility index (Phi) is 4.82. The van der Waals surface area contributed by atoms with Gasteiger partial charge in [0.15, 0.2) is 5.70 Å². The van der Waals surface area contributed by atoms with Crippen molar-refractivity contribution >= 4 is 15.7 Å². The molecule has 1 N–H and O–H groups in total. The molecule has 0 bridgehead atoms. The van der Waals surface area contributed by atoms with E-state index >= 15 is 0 Å². The van der Waals surface area contributed by atoms with Crippen LogP contribution in [0.2, 0.25) is 0 Å². The van der Waals surface area contributed by atoms with E-state index in [2.05, 4.69) is 0 Å². The lowest BCUT2D eigenvalue weighted by Crippen LogP contribution is -2.14. The molecule has 0 atom stereocenters. The number of allylic oxidation sites excluding steroid dienone is 2. The van der Waals surface area contributed by atoms with Crippen molar-refractivity contribution in [3.05, 3.63) is 71.2 Å². The average Bonchev–Trinajstić information content (AvgIpc) is 2.57. The van der Waals surface area contributed by atoms with Gasteiger partial charge in [-0.2, -0.15) is 5.26 Å². The third kappa shape index (κ3) is 3.58. The fourth-order valence-corrected chi connectivity index (χ4v) is 3.09. The van der Waals surface area contributed by atoms with Gasteiger partial charge < -0.3 is 9.64 Å². The Balaban J connectivity index is 2.42. The number of ether oxygens (including phenoxy) is 1. The first-order chi connectivity index (χ1) is 11.0. The van der Waals surface area contributed by atoms with Gasteiger partial charge in [0.2, 0.25) is 9.84 Å². The van der Waals surface area contributed by atoms with Crippen LogP contribution >= 0.6 is 0 Å². The fourth-order valence-electron chi connectivity index (χ4n) is 1.89. The number of hydrogen-bond donors (Lipinski definition) is 1. The van der Waals surface area contributed by atoms with Crippen molar-refractivity contribution in [3.63, 3.8) is 0 Å². The Morgan fingerprint density at radius 1 is 1.35 bits per heavy atom.